The van der Waals surface area contributed by atoms with E-state index in [-0.39, 0.29) is 6.04 Å². The quantitative estimate of drug-likeness (QED) is 0.672. The Kier molecular flexibility index (Phi) is 4.05. The van der Waals surface area contributed by atoms with E-state index >= 15 is 0 Å². The summed E-state index contributed by atoms with van der Waals surface area (Å²) >= 11 is 0. The topological polar surface area (TPSA) is 69.5 Å². The third-order valence-corrected chi connectivity index (χ3v) is 5.48. The number of hydrogen-bond acceptors (Lipinski definition) is 4. The summed E-state index contributed by atoms with van der Waals surface area (Å²) in [5.74, 6) is 0.980. The molecule has 0 saturated carbocycles. The molecule has 2 atom stereocenters. The highest BCUT2D eigenvalue weighted by Gasteiger charge is 2.21. The third kappa shape index (κ3) is 3.06. The van der Waals surface area contributed by atoms with Crippen molar-refractivity contribution >= 4 is 11.5 Å². The van der Waals surface area contributed by atoms with Crippen LogP contribution in [-0.2, 0) is 0 Å². The van der Waals surface area contributed by atoms with Crippen LogP contribution >= 0.6 is 0 Å². The van der Waals surface area contributed by atoms with Gasteiger partial charge in [-0.05, 0) is 50.1 Å². The molecule has 1 saturated heterocycles. The number of aromatic amines is 1. The van der Waals surface area contributed by atoms with Crippen LogP contribution in [0.2, 0.25) is 0 Å². The average molecular weight is 360 g/mol. The molecular weight excluding hydrogens is 336 g/mol. The summed E-state index contributed by atoms with van der Waals surface area (Å²) in [4.78, 5) is 12.8. The maximum absolute atomic E-state index is 4.98. The Morgan fingerprint density at radius 3 is 3.11 bits per heavy atom. The van der Waals surface area contributed by atoms with Gasteiger partial charge >= 0.3 is 0 Å². The van der Waals surface area contributed by atoms with Gasteiger partial charge in [-0.3, -0.25) is 4.99 Å². The second-order valence-electron chi connectivity index (χ2n) is 7.38. The zero-order chi connectivity index (χ0) is 18.2. The van der Waals surface area contributed by atoms with Crippen molar-refractivity contribution in [3.8, 4) is 11.1 Å². The van der Waals surface area contributed by atoms with Gasteiger partial charge in [-0.25, -0.2) is 4.98 Å². The number of nitrogens with zero attached hydrogens (tertiary/aromatic N) is 3. The minimum atomic E-state index is 0.0867. The van der Waals surface area contributed by atoms with Crippen molar-refractivity contribution in [1.82, 2.24) is 25.0 Å². The van der Waals surface area contributed by atoms with Crippen molar-refractivity contribution < 1.29 is 0 Å². The minimum absolute atomic E-state index is 0.0867. The lowest BCUT2D eigenvalue weighted by Gasteiger charge is -2.20. The van der Waals surface area contributed by atoms with Crippen molar-refractivity contribution in [2.75, 3.05) is 13.1 Å². The van der Waals surface area contributed by atoms with Crippen LogP contribution in [0.25, 0.3) is 16.8 Å². The lowest BCUT2D eigenvalue weighted by atomic mass is 10.1. The van der Waals surface area contributed by atoms with Gasteiger partial charge in [0.05, 0.1) is 17.9 Å². The largest absolute Gasteiger partial charge is 0.367 e. The predicted octanol–water partition coefficient (Wildman–Crippen LogP) is 2.99. The van der Waals surface area contributed by atoms with Crippen LogP contribution in [0.4, 0.5) is 0 Å². The Bertz CT molecular complexity index is 1000. The van der Waals surface area contributed by atoms with Crippen LogP contribution in [0.3, 0.4) is 0 Å². The summed E-state index contributed by atoms with van der Waals surface area (Å²) in [5, 5.41) is 6.96. The Morgan fingerprint density at radius 1 is 1.33 bits per heavy atom. The number of hydrogen-bond donors (Lipinski definition) is 3. The molecule has 3 aromatic rings. The van der Waals surface area contributed by atoms with E-state index in [2.05, 4.69) is 62.4 Å². The van der Waals surface area contributed by atoms with Gasteiger partial charge in [0, 0.05) is 42.3 Å². The first-order chi connectivity index (χ1) is 13.3. The van der Waals surface area contributed by atoms with E-state index in [1.54, 1.807) is 0 Å². The van der Waals surface area contributed by atoms with E-state index in [9.17, 15) is 0 Å². The van der Waals surface area contributed by atoms with Gasteiger partial charge in [0.2, 0.25) is 0 Å². The van der Waals surface area contributed by atoms with E-state index in [1.807, 2.05) is 18.6 Å². The molecular formula is C21H24N6. The number of fused-ring (bicyclic) bond motifs is 1. The van der Waals surface area contributed by atoms with Crippen LogP contribution in [0.1, 0.15) is 30.1 Å². The number of H-pyrrole nitrogens is 1. The fraction of sp³-hybridized carbons (Fsp3) is 0.333. The summed E-state index contributed by atoms with van der Waals surface area (Å²) in [7, 11) is 0. The number of amidine groups is 1. The summed E-state index contributed by atoms with van der Waals surface area (Å²) in [6.07, 6.45) is 14.5. The smallest absolute Gasteiger partial charge is 0.137 e. The molecule has 2 aliphatic heterocycles. The van der Waals surface area contributed by atoms with Crippen LogP contribution < -0.4 is 10.6 Å². The maximum Gasteiger partial charge on any atom is 0.137 e. The van der Waals surface area contributed by atoms with Gasteiger partial charge in [0.15, 0.2) is 0 Å². The third-order valence-electron chi connectivity index (χ3n) is 5.48. The second kappa shape index (κ2) is 6.70. The van der Waals surface area contributed by atoms with Gasteiger partial charge in [0.25, 0.3) is 0 Å². The molecule has 2 unspecified atom stereocenters. The lowest BCUT2D eigenvalue weighted by Crippen LogP contribution is -2.36. The van der Waals surface area contributed by atoms with E-state index < -0.39 is 0 Å². The van der Waals surface area contributed by atoms with Crippen molar-refractivity contribution in [3.05, 3.63) is 60.3 Å². The number of dihydropyridines is 1. The van der Waals surface area contributed by atoms with Crippen LogP contribution in [0.15, 0.2) is 54.1 Å². The molecule has 0 aliphatic carbocycles. The fourth-order valence-electron chi connectivity index (χ4n) is 4.01. The average Bonchev–Trinajstić information content (AvgIpc) is 3.43. The number of aromatic nitrogens is 3. The fourth-order valence-corrected chi connectivity index (χ4v) is 4.01. The number of aliphatic imine (C=N–C) groups is 1. The number of pyridine rings is 1. The van der Waals surface area contributed by atoms with Gasteiger partial charge in [0.1, 0.15) is 11.5 Å². The Balaban J connectivity index is 1.50. The van der Waals surface area contributed by atoms with E-state index in [4.69, 9.17) is 4.99 Å². The van der Waals surface area contributed by atoms with Gasteiger partial charge < -0.3 is 20.0 Å². The van der Waals surface area contributed by atoms with E-state index in [1.165, 1.54) is 16.7 Å². The lowest BCUT2D eigenvalue weighted by molar-refractivity contribution is 0.641. The van der Waals surface area contributed by atoms with Crippen molar-refractivity contribution in [2.24, 2.45) is 4.99 Å². The monoisotopic (exact) mass is 360 g/mol. The molecule has 0 spiro atoms. The number of nitrogens with one attached hydrogen (secondary N) is 3. The Morgan fingerprint density at radius 2 is 2.30 bits per heavy atom. The second-order valence-corrected chi connectivity index (χ2v) is 7.38. The molecule has 138 valence electrons. The molecule has 0 amide bonds. The van der Waals surface area contributed by atoms with Crippen molar-refractivity contribution in [3.63, 3.8) is 0 Å². The summed E-state index contributed by atoms with van der Waals surface area (Å²) in [6, 6.07) is 4.81. The molecule has 27 heavy (non-hydrogen) atoms. The molecule has 5 heterocycles. The first-order valence-electron chi connectivity index (χ1n) is 9.60. The first kappa shape index (κ1) is 16.3. The summed E-state index contributed by atoms with van der Waals surface area (Å²) < 4.78 is 2.19. The van der Waals surface area contributed by atoms with E-state index in [0.717, 1.165) is 43.1 Å². The zero-order valence-electron chi connectivity index (χ0n) is 15.4. The van der Waals surface area contributed by atoms with Crippen LogP contribution in [0, 0.1) is 6.92 Å². The standard InChI is InChI=1S/C21H24N6/c1-14-9-21-24-12-19(27(21)13-17(14)15-5-7-22-10-15)18-3-2-4-20(26-18)25-16-6-8-23-11-16/h2,4-5,7,9-10,12-13,16,18,22-23H,3,6,8,11H2,1H3,(H,25,26). The molecule has 6 heteroatoms. The molecule has 3 N–H and O–H groups in total. The highest BCUT2D eigenvalue weighted by atomic mass is 15.1. The zero-order valence-corrected chi connectivity index (χ0v) is 15.4. The molecule has 0 radical (unpaired) electrons. The van der Waals surface area contributed by atoms with Crippen LogP contribution in [-0.4, -0.2) is 39.3 Å². The predicted molar refractivity (Wildman–Crippen MR) is 108 cm³/mol. The summed E-state index contributed by atoms with van der Waals surface area (Å²) in [5.41, 5.74) is 5.74. The molecule has 5 rings (SSSR count). The molecule has 2 aliphatic rings. The molecule has 0 aromatic carbocycles. The maximum atomic E-state index is 4.98. The minimum Gasteiger partial charge on any atom is -0.367 e. The number of imidazole rings is 1. The SMILES string of the molecule is Cc1cc2ncc(C3CC=CC(NC4CCNC4)=N3)n2cc1-c1cc[nH]c1. The molecule has 0 bridgehead atoms. The first-order valence-corrected chi connectivity index (χ1v) is 9.60. The molecule has 1 fully saturated rings. The Labute approximate surface area is 158 Å². The Hall–Kier alpha value is -2.86. The number of aryl methyl sites for hydroxylation is 1. The molecule has 3 aromatic heterocycles. The highest BCUT2D eigenvalue weighted by molar-refractivity contribution is 5.94. The van der Waals surface area contributed by atoms with Gasteiger partial charge in [-0.2, -0.15) is 0 Å². The van der Waals surface area contributed by atoms with E-state index in [0.29, 0.717) is 6.04 Å². The highest BCUT2D eigenvalue weighted by Crippen LogP contribution is 2.29. The van der Waals surface area contributed by atoms with Crippen LogP contribution in [0.5, 0.6) is 0 Å². The van der Waals surface area contributed by atoms with Crippen molar-refractivity contribution in [2.45, 2.75) is 31.8 Å². The number of rotatable bonds is 3. The summed E-state index contributed by atoms with van der Waals surface area (Å²) in [6.45, 7) is 4.22. The van der Waals surface area contributed by atoms with Gasteiger partial charge in [-0.1, -0.05) is 6.08 Å². The van der Waals surface area contributed by atoms with Crippen molar-refractivity contribution in [1.29, 1.82) is 0 Å². The van der Waals surface area contributed by atoms with Gasteiger partial charge in [-0.15, -0.1) is 0 Å². The normalized spacial score (nSPS) is 22.3. The molecule has 6 nitrogen and oxygen atoms in total.